The van der Waals surface area contributed by atoms with Gasteiger partial charge in [0.2, 0.25) is 5.82 Å². The van der Waals surface area contributed by atoms with Crippen LogP contribution in [-0.4, -0.2) is 14.7 Å². The number of nitrogen functional groups attached to an aromatic ring is 1. The zero-order valence-electron chi connectivity index (χ0n) is 11.1. The Morgan fingerprint density at radius 3 is 2.33 bits per heavy atom. The maximum atomic E-state index is 11.2. The average Bonchev–Trinajstić information content (AvgIpc) is 2.81. The molecule has 1 aliphatic rings. The van der Waals surface area contributed by atoms with Crippen LogP contribution in [0.3, 0.4) is 0 Å². The van der Waals surface area contributed by atoms with Gasteiger partial charge in [-0.25, -0.2) is 4.68 Å². The molecular formula is C12H20N4O2. The number of rotatable bonds is 2. The van der Waals surface area contributed by atoms with E-state index in [0.717, 1.165) is 25.7 Å². The predicted molar refractivity (Wildman–Crippen MR) is 69.5 cm³/mol. The number of nitrogens with two attached hydrogens (primary N) is 1. The quantitative estimate of drug-likeness (QED) is 0.647. The Hall–Kier alpha value is -1.59. The molecule has 0 atom stereocenters. The van der Waals surface area contributed by atoms with Crippen molar-refractivity contribution in [1.29, 1.82) is 0 Å². The van der Waals surface area contributed by atoms with Crippen molar-refractivity contribution in [3.8, 4) is 0 Å². The molecule has 100 valence electrons. The molecule has 6 heteroatoms. The third-order valence-electron chi connectivity index (χ3n) is 3.49. The van der Waals surface area contributed by atoms with Crippen LogP contribution in [0.15, 0.2) is 0 Å². The van der Waals surface area contributed by atoms with E-state index in [1.54, 1.807) is 4.68 Å². The van der Waals surface area contributed by atoms with Crippen LogP contribution in [0.5, 0.6) is 0 Å². The minimum absolute atomic E-state index is 0.0191. The summed E-state index contributed by atoms with van der Waals surface area (Å²) in [4.78, 5) is 10.8. The molecule has 0 aliphatic heterocycles. The van der Waals surface area contributed by atoms with Gasteiger partial charge in [-0.05, 0) is 12.8 Å². The van der Waals surface area contributed by atoms with Gasteiger partial charge in [-0.3, -0.25) is 10.1 Å². The lowest BCUT2D eigenvalue weighted by Gasteiger charge is -2.14. The standard InChI is InChI=1S/C12H20N4O2/c1-12(2,3)10-9(16(17)18)11(13)15(14-10)8-6-4-5-7-8/h8H,4-7,13H2,1-3H3. The van der Waals surface area contributed by atoms with Crippen LogP contribution in [0.1, 0.15) is 58.2 Å². The molecule has 0 aromatic carbocycles. The molecule has 0 amide bonds. The molecule has 1 fully saturated rings. The van der Waals surface area contributed by atoms with Gasteiger partial charge in [-0.1, -0.05) is 33.6 Å². The predicted octanol–water partition coefficient (Wildman–Crippen LogP) is 2.79. The Morgan fingerprint density at radius 1 is 1.39 bits per heavy atom. The summed E-state index contributed by atoms with van der Waals surface area (Å²) in [7, 11) is 0. The van der Waals surface area contributed by atoms with E-state index in [1.165, 1.54) is 0 Å². The molecule has 0 unspecified atom stereocenters. The van der Waals surface area contributed by atoms with Gasteiger partial charge < -0.3 is 5.73 Å². The van der Waals surface area contributed by atoms with E-state index in [2.05, 4.69) is 5.10 Å². The van der Waals surface area contributed by atoms with Gasteiger partial charge in [0.1, 0.15) is 5.69 Å². The van der Waals surface area contributed by atoms with E-state index in [4.69, 9.17) is 5.73 Å². The van der Waals surface area contributed by atoms with Crippen LogP contribution in [0.25, 0.3) is 0 Å². The Morgan fingerprint density at radius 2 is 1.94 bits per heavy atom. The van der Waals surface area contributed by atoms with Gasteiger partial charge in [0, 0.05) is 5.41 Å². The molecular weight excluding hydrogens is 232 g/mol. The van der Waals surface area contributed by atoms with Gasteiger partial charge in [-0.15, -0.1) is 0 Å². The molecule has 1 heterocycles. The summed E-state index contributed by atoms with van der Waals surface area (Å²) < 4.78 is 1.67. The molecule has 2 N–H and O–H groups in total. The van der Waals surface area contributed by atoms with Gasteiger partial charge >= 0.3 is 5.69 Å². The van der Waals surface area contributed by atoms with E-state index in [0.29, 0.717) is 5.69 Å². The van der Waals surface area contributed by atoms with Crippen LogP contribution in [0, 0.1) is 10.1 Å². The number of nitro groups is 1. The molecule has 0 saturated heterocycles. The highest BCUT2D eigenvalue weighted by Gasteiger charge is 2.35. The van der Waals surface area contributed by atoms with Gasteiger partial charge in [-0.2, -0.15) is 5.10 Å². The summed E-state index contributed by atoms with van der Waals surface area (Å²) in [5, 5.41) is 15.6. The van der Waals surface area contributed by atoms with Crippen molar-refractivity contribution in [2.24, 2.45) is 0 Å². The second-order valence-corrected chi connectivity index (χ2v) is 5.97. The molecule has 0 bridgehead atoms. The summed E-state index contributed by atoms with van der Waals surface area (Å²) in [6.45, 7) is 5.75. The van der Waals surface area contributed by atoms with Crippen molar-refractivity contribution < 1.29 is 4.92 Å². The number of anilines is 1. The van der Waals surface area contributed by atoms with Crippen molar-refractivity contribution in [1.82, 2.24) is 9.78 Å². The Bertz CT molecular complexity index is 467. The van der Waals surface area contributed by atoms with E-state index < -0.39 is 4.92 Å². The highest BCUT2D eigenvalue weighted by atomic mass is 16.6. The lowest BCUT2D eigenvalue weighted by molar-refractivity contribution is -0.385. The molecule has 1 aromatic heterocycles. The van der Waals surface area contributed by atoms with Gasteiger partial charge in [0.15, 0.2) is 0 Å². The molecule has 0 spiro atoms. The lowest BCUT2D eigenvalue weighted by Crippen LogP contribution is -2.15. The minimum atomic E-state index is -0.408. The average molecular weight is 252 g/mol. The summed E-state index contributed by atoms with van der Waals surface area (Å²) in [6, 6.07) is 0.222. The smallest absolute Gasteiger partial charge is 0.334 e. The summed E-state index contributed by atoms with van der Waals surface area (Å²) >= 11 is 0. The Labute approximate surface area is 106 Å². The fourth-order valence-corrected chi connectivity index (χ4v) is 2.55. The normalized spacial score (nSPS) is 17.3. The molecule has 1 aliphatic carbocycles. The molecule has 1 saturated carbocycles. The summed E-state index contributed by atoms with van der Waals surface area (Å²) in [5.74, 6) is 0.205. The van der Waals surface area contributed by atoms with Gasteiger partial charge in [0.05, 0.1) is 11.0 Å². The number of aromatic nitrogens is 2. The van der Waals surface area contributed by atoms with Crippen molar-refractivity contribution in [3.63, 3.8) is 0 Å². The van der Waals surface area contributed by atoms with Crippen LogP contribution in [0.4, 0.5) is 11.5 Å². The maximum Gasteiger partial charge on any atom is 0.334 e. The SMILES string of the molecule is CC(C)(C)c1nn(C2CCCC2)c(N)c1[N+](=O)[O-]. The van der Waals surface area contributed by atoms with Crippen LogP contribution < -0.4 is 5.73 Å². The first-order chi connectivity index (χ1) is 8.32. The van der Waals surface area contributed by atoms with Crippen molar-refractivity contribution in [2.45, 2.75) is 57.9 Å². The zero-order chi connectivity index (χ0) is 13.5. The summed E-state index contributed by atoms with van der Waals surface area (Å²) in [6.07, 6.45) is 4.30. The Kier molecular flexibility index (Phi) is 3.04. The van der Waals surface area contributed by atoms with Crippen molar-refractivity contribution in [2.75, 3.05) is 5.73 Å². The summed E-state index contributed by atoms with van der Waals surface area (Å²) in [5.41, 5.74) is 6.03. The van der Waals surface area contributed by atoms with E-state index in [1.807, 2.05) is 20.8 Å². The second-order valence-electron chi connectivity index (χ2n) is 5.97. The topological polar surface area (TPSA) is 87.0 Å². The lowest BCUT2D eigenvalue weighted by atomic mass is 9.91. The van der Waals surface area contributed by atoms with Gasteiger partial charge in [0.25, 0.3) is 0 Å². The fraction of sp³-hybridized carbons (Fsp3) is 0.750. The van der Waals surface area contributed by atoms with Crippen LogP contribution in [-0.2, 0) is 5.41 Å². The molecule has 2 rings (SSSR count). The maximum absolute atomic E-state index is 11.2. The van der Waals surface area contributed by atoms with Crippen LogP contribution in [0.2, 0.25) is 0 Å². The first-order valence-corrected chi connectivity index (χ1v) is 6.35. The van der Waals surface area contributed by atoms with E-state index in [9.17, 15) is 10.1 Å². The largest absolute Gasteiger partial charge is 0.378 e. The minimum Gasteiger partial charge on any atom is -0.378 e. The fourth-order valence-electron chi connectivity index (χ4n) is 2.55. The van der Waals surface area contributed by atoms with E-state index >= 15 is 0 Å². The zero-order valence-corrected chi connectivity index (χ0v) is 11.1. The molecule has 18 heavy (non-hydrogen) atoms. The molecule has 0 radical (unpaired) electrons. The van der Waals surface area contributed by atoms with E-state index in [-0.39, 0.29) is 23.0 Å². The Balaban J connectivity index is 2.53. The first-order valence-electron chi connectivity index (χ1n) is 6.35. The monoisotopic (exact) mass is 252 g/mol. The number of hydrogen-bond acceptors (Lipinski definition) is 4. The highest BCUT2D eigenvalue weighted by Crippen LogP contribution is 2.39. The number of nitrogens with zero attached hydrogens (tertiary/aromatic N) is 3. The third kappa shape index (κ3) is 2.07. The highest BCUT2D eigenvalue weighted by molar-refractivity contribution is 5.58. The van der Waals surface area contributed by atoms with Crippen molar-refractivity contribution in [3.05, 3.63) is 15.8 Å². The first kappa shape index (κ1) is 12.9. The number of hydrogen-bond donors (Lipinski definition) is 1. The third-order valence-corrected chi connectivity index (χ3v) is 3.49. The molecule has 1 aromatic rings. The van der Waals surface area contributed by atoms with Crippen molar-refractivity contribution >= 4 is 11.5 Å². The second kappa shape index (κ2) is 4.26. The van der Waals surface area contributed by atoms with Crippen LogP contribution >= 0.6 is 0 Å². The molecule has 6 nitrogen and oxygen atoms in total.